The summed E-state index contributed by atoms with van der Waals surface area (Å²) in [6.07, 6.45) is 9.49. The number of piperazine rings is 1. The minimum absolute atomic E-state index is 0.230. The van der Waals surface area contributed by atoms with Crippen LogP contribution in [0.1, 0.15) is 31.7 Å². The van der Waals surface area contributed by atoms with Crippen molar-refractivity contribution in [3.63, 3.8) is 0 Å². The Balaban J connectivity index is 0.00000117. The first-order valence-corrected chi connectivity index (χ1v) is 11.7. The Morgan fingerprint density at radius 3 is 2.53 bits per heavy atom. The summed E-state index contributed by atoms with van der Waals surface area (Å²) in [5, 5.41) is 15.2. The summed E-state index contributed by atoms with van der Waals surface area (Å²) in [5.41, 5.74) is 2.38. The summed E-state index contributed by atoms with van der Waals surface area (Å²) in [6, 6.07) is 6.09. The molecule has 178 valence electrons. The number of aromatic nitrogens is 5. The van der Waals surface area contributed by atoms with Crippen molar-refractivity contribution in [1.29, 1.82) is 0 Å². The lowest BCUT2D eigenvalue weighted by molar-refractivity contribution is 0.399. The number of halogens is 1. The topological polar surface area (TPSA) is 104 Å². The van der Waals surface area contributed by atoms with E-state index < -0.39 is 5.95 Å². The van der Waals surface area contributed by atoms with E-state index >= 15 is 0 Å². The lowest BCUT2D eigenvalue weighted by atomic mass is 10.2. The Morgan fingerprint density at radius 2 is 1.79 bits per heavy atom. The Kier molecular flexibility index (Phi) is 6.50. The largest absolute Gasteiger partial charge is 0.400 e. The molecule has 6 rings (SSSR count). The summed E-state index contributed by atoms with van der Waals surface area (Å²) in [4.78, 5) is 20.1. The number of hydrogen-bond acceptors (Lipinski definition) is 8. The molecular formula is C24H29FN8O. The minimum Gasteiger partial charge on any atom is -0.400 e. The van der Waals surface area contributed by atoms with Crippen molar-refractivity contribution in [3.05, 3.63) is 42.7 Å². The molecule has 10 heteroatoms. The van der Waals surface area contributed by atoms with Crippen molar-refractivity contribution in [2.24, 2.45) is 0 Å². The van der Waals surface area contributed by atoms with E-state index in [0.29, 0.717) is 17.3 Å². The lowest BCUT2D eigenvalue weighted by Gasteiger charge is -2.29. The van der Waals surface area contributed by atoms with Gasteiger partial charge < -0.3 is 25.2 Å². The van der Waals surface area contributed by atoms with Crippen molar-refractivity contribution in [3.8, 4) is 0 Å². The molecule has 1 saturated heterocycles. The van der Waals surface area contributed by atoms with Crippen molar-refractivity contribution in [2.75, 3.05) is 43.5 Å². The smallest absolute Gasteiger partial charge is 0.237 e. The number of aliphatic hydroxyl groups is 1. The van der Waals surface area contributed by atoms with E-state index in [4.69, 9.17) is 10.1 Å². The number of anilines is 3. The number of aliphatic hydroxyl groups excluding tert-OH is 1. The zero-order chi connectivity index (χ0) is 23.5. The molecule has 0 spiro atoms. The molecule has 34 heavy (non-hydrogen) atoms. The normalized spacial score (nSPS) is 16.6. The monoisotopic (exact) mass is 464 g/mol. The van der Waals surface area contributed by atoms with Crippen molar-refractivity contribution in [1.82, 2.24) is 29.8 Å². The number of hydrogen-bond donors (Lipinski definition) is 3. The molecule has 0 radical (unpaired) electrons. The Hall–Kier alpha value is -3.37. The summed E-state index contributed by atoms with van der Waals surface area (Å²) in [5.74, 6) is 0.682. The van der Waals surface area contributed by atoms with Crippen LogP contribution >= 0.6 is 0 Å². The van der Waals surface area contributed by atoms with Crippen LogP contribution in [0.25, 0.3) is 21.9 Å². The van der Waals surface area contributed by atoms with Crippen LogP contribution in [-0.2, 0) is 0 Å². The molecule has 1 aliphatic heterocycles. The molecule has 0 bridgehead atoms. The second-order valence-electron chi connectivity index (χ2n) is 8.50. The molecule has 1 saturated carbocycles. The minimum atomic E-state index is -0.452. The first-order chi connectivity index (χ1) is 16.8. The van der Waals surface area contributed by atoms with Crippen LogP contribution in [0.4, 0.5) is 21.8 Å². The van der Waals surface area contributed by atoms with E-state index in [-0.39, 0.29) is 6.04 Å². The van der Waals surface area contributed by atoms with Crippen LogP contribution in [0, 0.1) is 5.95 Å². The third kappa shape index (κ3) is 4.14. The van der Waals surface area contributed by atoms with Crippen molar-refractivity contribution >= 4 is 39.4 Å². The van der Waals surface area contributed by atoms with Gasteiger partial charge in [-0.15, -0.1) is 0 Å². The van der Waals surface area contributed by atoms with Crippen molar-refractivity contribution in [2.45, 2.75) is 31.7 Å². The number of rotatable bonds is 4. The van der Waals surface area contributed by atoms with Gasteiger partial charge in [-0.05, 0) is 31.0 Å². The van der Waals surface area contributed by atoms with Gasteiger partial charge in [0.2, 0.25) is 11.9 Å². The highest BCUT2D eigenvalue weighted by Gasteiger charge is 2.25. The summed E-state index contributed by atoms with van der Waals surface area (Å²) < 4.78 is 16.8. The van der Waals surface area contributed by atoms with Gasteiger partial charge >= 0.3 is 0 Å². The maximum absolute atomic E-state index is 14.8. The van der Waals surface area contributed by atoms with Crippen molar-refractivity contribution < 1.29 is 9.50 Å². The SMILES string of the molecule is CO.Fc1nccc2c3cnc(Nc4ccc(N5CCNCC5)cn4)nc3n(C3CCCC3)c12. The molecule has 0 aromatic carbocycles. The van der Waals surface area contributed by atoms with Gasteiger partial charge in [-0.1, -0.05) is 12.8 Å². The number of fused-ring (bicyclic) bond motifs is 3. The summed E-state index contributed by atoms with van der Waals surface area (Å²) in [7, 11) is 1.00. The lowest BCUT2D eigenvalue weighted by Crippen LogP contribution is -2.43. The van der Waals surface area contributed by atoms with E-state index in [1.807, 2.05) is 22.9 Å². The van der Waals surface area contributed by atoms with Gasteiger partial charge in [-0.2, -0.15) is 9.37 Å². The van der Waals surface area contributed by atoms with Gasteiger partial charge in [0.1, 0.15) is 17.0 Å². The standard InChI is InChI=1S/C23H25FN8.CH4O/c24-21-20-17(7-8-26-21)18-14-28-23(30-22(18)32(20)15-3-1-2-4-15)29-19-6-5-16(13-27-19)31-11-9-25-10-12-31;1-2/h5-8,13-15,25H,1-4,9-12H2,(H,27,28,29,30);2H,1H3. The molecular weight excluding hydrogens is 435 g/mol. The quantitative estimate of drug-likeness (QED) is 0.395. The predicted octanol–water partition coefficient (Wildman–Crippen LogP) is 3.39. The van der Waals surface area contributed by atoms with Gasteiger partial charge in [0.15, 0.2) is 0 Å². The Morgan fingerprint density at radius 1 is 1.00 bits per heavy atom. The van der Waals surface area contributed by atoms with Crippen LogP contribution in [0.2, 0.25) is 0 Å². The maximum atomic E-state index is 14.8. The summed E-state index contributed by atoms with van der Waals surface area (Å²) >= 11 is 0. The van der Waals surface area contributed by atoms with Gasteiger partial charge in [0, 0.05) is 62.5 Å². The highest BCUT2D eigenvalue weighted by molar-refractivity contribution is 6.06. The molecule has 5 heterocycles. The molecule has 9 nitrogen and oxygen atoms in total. The molecule has 1 aliphatic carbocycles. The third-order valence-corrected chi connectivity index (χ3v) is 6.57. The summed E-state index contributed by atoms with van der Waals surface area (Å²) in [6.45, 7) is 3.93. The van der Waals surface area contributed by atoms with Crippen LogP contribution in [0.3, 0.4) is 0 Å². The van der Waals surface area contributed by atoms with Gasteiger partial charge in [0.25, 0.3) is 0 Å². The predicted molar refractivity (Wildman–Crippen MR) is 131 cm³/mol. The second-order valence-corrected chi connectivity index (χ2v) is 8.50. The fourth-order valence-electron chi connectivity index (χ4n) is 4.99. The molecule has 0 atom stereocenters. The average molecular weight is 465 g/mol. The molecule has 2 aliphatic rings. The van der Waals surface area contributed by atoms with Crippen LogP contribution in [0.5, 0.6) is 0 Å². The Bertz CT molecular complexity index is 1260. The number of nitrogens with zero attached hydrogens (tertiary/aromatic N) is 6. The molecule has 4 aromatic heterocycles. The van der Waals surface area contributed by atoms with Crippen LogP contribution < -0.4 is 15.5 Å². The zero-order valence-electron chi connectivity index (χ0n) is 19.2. The molecule has 0 amide bonds. The highest BCUT2D eigenvalue weighted by atomic mass is 19.1. The molecule has 2 fully saturated rings. The fraction of sp³-hybridized carbons (Fsp3) is 0.417. The molecule has 3 N–H and O–H groups in total. The van der Waals surface area contributed by atoms with Gasteiger partial charge in [0.05, 0.1) is 11.9 Å². The molecule has 0 unspecified atom stereocenters. The maximum Gasteiger partial charge on any atom is 0.237 e. The average Bonchev–Trinajstić information content (AvgIpc) is 3.53. The first-order valence-electron chi connectivity index (χ1n) is 11.7. The van der Waals surface area contributed by atoms with Gasteiger partial charge in [-0.25, -0.2) is 15.0 Å². The zero-order valence-corrected chi connectivity index (χ0v) is 19.2. The molecule has 4 aromatic rings. The third-order valence-electron chi connectivity index (χ3n) is 6.57. The fourth-order valence-corrected chi connectivity index (χ4v) is 4.99. The highest BCUT2D eigenvalue weighted by Crippen LogP contribution is 2.38. The van der Waals surface area contributed by atoms with Crippen LogP contribution in [0.15, 0.2) is 36.8 Å². The van der Waals surface area contributed by atoms with E-state index in [2.05, 4.69) is 36.6 Å². The first kappa shape index (κ1) is 22.4. The van der Waals surface area contributed by atoms with E-state index in [9.17, 15) is 4.39 Å². The Labute approximate surface area is 197 Å². The van der Waals surface area contributed by atoms with E-state index in [0.717, 1.165) is 81.1 Å². The van der Waals surface area contributed by atoms with E-state index in [1.54, 1.807) is 6.20 Å². The van der Waals surface area contributed by atoms with E-state index in [1.165, 1.54) is 6.20 Å². The van der Waals surface area contributed by atoms with Gasteiger partial charge in [-0.3, -0.25) is 0 Å². The second kappa shape index (κ2) is 9.86. The number of nitrogens with one attached hydrogen (secondary N) is 2. The number of pyridine rings is 2. The van der Waals surface area contributed by atoms with Crippen LogP contribution in [-0.4, -0.2) is 62.9 Å².